The molecule has 0 spiro atoms. The fraction of sp³-hybridized carbons (Fsp3) is 0.200. The Morgan fingerprint density at radius 3 is 2.82 bits per heavy atom. The molecule has 2 aliphatic heterocycles. The smallest absolute Gasteiger partial charge is 0.352 e. The van der Waals surface area contributed by atoms with Gasteiger partial charge >= 0.3 is 5.97 Å². The van der Waals surface area contributed by atoms with Crippen molar-refractivity contribution >= 4 is 98.2 Å². The molecule has 0 radical (unpaired) electrons. The normalized spacial score (nSPS) is 19.0. The zero-order chi connectivity index (χ0) is 27.7. The standard InChI is InChI=1S/C20H14Cl2N8O5S4/c21-9-2-1-8(3-10(9)22)35-28-11(14-26-19(23)39-29-14)15(31)25-12-16(32)30-13(18(33)34)7(4-36-17(12)30)5-37-20-27-24-6-38-20/h1-3,6,12,17H,4-5H2,(H,25,31)(H,33,34)(H2,23,26,29)/t12?,17-/m1/s1. The average Bonchev–Trinajstić information content (AvgIpc) is 3.59. The summed E-state index contributed by atoms with van der Waals surface area (Å²) in [6.45, 7) is 0. The van der Waals surface area contributed by atoms with Crippen molar-refractivity contribution in [1.82, 2.24) is 29.8 Å². The van der Waals surface area contributed by atoms with Crippen molar-refractivity contribution < 1.29 is 24.3 Å². The van der Waals surface area contributed by atoms with E-state index in [1.807, 2.05) is 0 Å². The van der Waals surface area contributed by atoms with Gasteiger partial charge in [-0.3, -0.25) is 14.5 Å². The number of aliphatic carboxylic acids is 1. The van der Waals surface area contributed by atoms with E-state index in [9.17, 15) is 19.5 Å². The maximum atomic E-state index is 13.2. The van der Waals surface area contributed by atoms with Crippen molar-refractivity contribution in [2.45, 2.75) is 15.8 Å². The van der Waals surface area contributed by atoms with Crippen LogP contribution in [0.4, 0.5) is 5.13 Å². The second kappa shape index (κ2) is 11.6. The molecule has 1 unspecified atom stereocenters. The minimum Gasteiger partial charge on any atom is -0.477 e. The molecule has 1 fully saturated rings. The number of carboxylic acids is 1. The first kappa shape index (κ1) is 27.6. The van der Waals surface area contributed by atoms with Crippen LogP contribution in [0.5, 0.6) is 5.75 Å². The highest BCUT2D eigenvalue weighted by Crippen LogP contribution is 2.41. The lowest BCUT2D eigenvalue weighted by Crippen LogP contribution is -2.71. The molecule has 0 aliphatic carbocycles. The summed E-state index contributed by atoms with van der Waals surface area (Å²) in [6.07, 6.45) is 0. The number of nitrogens with one attached hydrogen (secondary N) is 1. The fourth-order valence-corrected chi connectivity index (χ4v) is 7.22. The SMILES string of the molecule is Nc1nc(C(=NOc2ccc(Cl)c(Cl)c2)C(=O)NC2C(=O)N3C(C(=O)O)=C(CSc4nncs4)CS[C@H]23)ns1. The summed E-state index contributed by atoms with van der Waals surface area (Å²) in [5.41, 5.74) is 7.38. The highest BCUT2D eigenvalue weighted by molar-refractivity contribution is 8.01. The van der Waals surface area contributed by atoms with E-state index in [1.165, 1.54) is 58.0 Å². The van der Waals surface area contributed by atoms with Crippen LogP contribution in [-0.2, 0) is 14.4 Å². The molecule has 39 heavy (non-hydrogen) atoms. The third kappa shape index (κ3) is 5.82. The number of halogens is 2. The van der Waals surface area contributed by atoms with E-state index in [0.717, 1.165) is 11.5 Å². The maximum absolute atomic E-state index is 13.2. The number of carboxylic acid groups (broad SMARTS) is 1. The molecular formula is C20H14Cl2N8O5S4. The van der Waals surface area contributed by atoms with Gasteiger partial charge < -0.3 is 21.0 Å². The molecule has 4 N–H and O–H groups in total. The van der Waals surface area contributed by atoms with Crippen molar-refractivity contribution in [2.24, 2.45) is 5.16 Å². The molecule has 5 rings (SSSR count). The minimum absolute atomic E-state index is 0.0870. The number of hydrogen-bond donors (Lipinski definition) is 3. The van der Waals surface area contributed by atoms with Crippen LogP contribution in [0.3, 0.4) is 0 Å². The number of nitrogens with two attached hydrogens (primary N) is 1. The Bertz CT molecular complexity index is 1520. The van der Waals surface area contributed by atoms with Crippen LogP contribution < -0.4 is 15.9 Å². The second-order valence-electron chi connectivity index (χ2n) is 7.67. The van der Waals surface area contributed by atoms with E-state index in [2.05, 4.69) is 30.0 Å². The number of fused-ring (bicyclic) bond motifs is 1. The number of oxime groups is 1. The van der Waals surface area contributed by atoms with Crippen LogP contribution >= 0.6 is 69.6 Å². The Balaban J connectivity index is 1.33. The average molecular weight is 646 g/mol. The Kier molecular flexibility index (Phi) is 8.24. The summed E-state index contributed by atoms with van der Waals surface area (Å²) in [7, 11) is 0. The number of nitrogens with zero attached hydrogens (tertiary/aromatic N) is 6. The molecule has 4 heterocycles. The number of amides is 2. The van der Waals surface area contributed by atoms with Crippen LogP contribution in [0.2, 0.25) is 10.0 Å². The monoisotopic (exact) mass is 644 g/mol. The summed E-state index contributed by atoms with van der Waals surface area (Å²) in [6, 6.07) is 3.37. The lowest BCUT2D eigenvalue weighted by atomic mass is 10.0. The molecule has 2 amide bonds. The number of β-lactam (4-membered cyclic amide) rings is 1. The number of carbonyl (C=O) groups excluding carboxylic acids is 2. The number of rotatable bonds is 9. The van der Waals surface area contributed by atoms with Crippen LogP contribution in [0.25, 0.3) is 0 Å². The molecule has 0 bridgehead atoms. The topological polar surface area (TPSA) is 186 Å². The van der Waals surface area contributed by atoms with E-state index in [-0.39, 0.29) is 33.1 Å². The molecule has 2 atom stereocenters. The zero-order valence-electron chi connectivity index (χ0n) is 19.1. The van der Waals surface area contributed by atoms with E-state index >= 15 is 0 Å². The van der Waals surface area contributed by atoms with Crippen LogP contribution in [-0.4, -0.2) is 76.0 Å². The fourth-order valence-electron chi connectivity index (χ4n) is 3.53. The number of thioether (sulfide) groups is 2. The number of aromatic nitrogens is 4. The Hall–Kier alpha value is -2.96. The number of hydrogen-bond acceptors (Lipinski definition) is 14. The van der Waals surface area contributed by atoms with Gasteiger partial charge in [0.15, 0.2) is 15.2 Å². The van der Waals surface area contributed by atoms with Gasteiger partial charge in [-0.2, -0.15) is 9.36 Å². The van der Waals surface area contributed by atoms with Gasteiger partial charge in [-0.1, -0.05) is 51.5 Å². The van der Waals surface area contributed by atoms with Crippen LogP contribution in [0.15, 0.2) is 44.5 Å². The summed E-state index contributed by atoms with van der Waals surface area (Å²) < 4.78 is 4.70. The predicted octanol–water partition coefficient (Wildman–Crippen LogP) is 2.59. The van der Waals surface area contributed by atoms with Gasteiger partial charge in [-0.05, 0) is 17.7 Å². The van der Waals surface area contributed by atoms with E-state index in [1.54, 1.807) is 5.51 Å². The van der Waals surface area contributed by atoms with Crippen molar-refractivity contribution in [3.63, 3.8) is 0 Å². The predicted molar refractivity (Wildman–Crippen MR) is 148 cm³/mol. The largest absolute Gasteiger partial charge is 0.477 e. The second-order valence-corrected chi connectivity index (χ2v) is 12.4. The third-order valence-electron chi connectivity index (χ3n) is 5.25. The third-order valence-corrected chi connectivity index (χ3v) is 9.82. The summed E-state index contributed by atoms with van der Waals surface area (Å²) in [4.78, 5) is 48.9. The van der Waals surface area contributed by atoms with Crippen molar-refractivity contribution in [2.75, 3.05) is 17.2 Å². The van der Waals surface area contributed by atoms with E-state index in [4.69, 9.17) is 33.8 Å². The molecule has 2 aromatic heterocycles. The van der Waals surface area contributed by atoms with Gasteiger partial charge in [0.25, 0.3) is 11.8 Å². The number of anilines is 1. The number of carbonyl (C=O) groups is 3. The highest BCUT2D eigenvalue weighted by atomic mass is 35.5. The first-order valence-electron chi connectivity index (χ1n) is 10.6. The minimum atomic E-state index is -1.23. The zero-order valence-corrected chi connectivity index (χ0v) is 23.9. The van der Waals surface area contributed by atoms with Crippen molar-refractivity contribution in [3.05, 3.63) is 50.8 Å². The summed E-state index contributed by atoms with van der Waals surface area (Å²) >= 11 is 16.8. The first-order valence-corrected chi connectivity index (χ1v) is 15.1. The Morgan fingerprint density at radius 2 is 2.15 bits per heavy atom. The van der Waals surface area contributed by atoms with E-state index in [0.29, 0.717) is 26.4 Å². The molecule has 0 saturated carbocycles. The van der Waals surface area contributed by atoms with Gasteiger partial charge in [0, 0.05) is 29.1 Å². The van der Waals surface area contributed by atoms with Gasteiger partial charge in [0.05, 0.1) is 10.0 Å². The molecular weight excluding hydrogens is 631 g/mol. The molecule has 1 aromatic carbocycles. The summed E-state index contributed by atoms with van der Waals surface area (Å²) in [5.74, 6) is -1.88. The van der Waals surface area contributed by atoms with Crippen molar-refractivity contribution in [1.29, 1.82) is 0 Å². The lowest BCUT2D eigenvalue weighted by Gasteiger charge is -2.49. The maximum Gasteiger partial charge on any atom is 0.352 e. The Morgan fingerprint density at radius 1 is 1.33 bits per heavy atom. The quantitative estimate of drug-likeness (QED) is 0.134. The number of nitrogen functional groups attached to an aromatic ring is 1. The van der Waals surface area contributed by atoms with Crippen LogP contribution in [0.1, 0.15) is 5.82 Å². The van der Waals surface area contributed by atoms with Gasteiger partial charge in [-0.15, -0.1) is 22.0 Å². The molecule has 3 aromatic rings. The summed E-state index contributed by atoms with van der Waals surface area (Å²) in [5, 5.41) is 24.0. The van der Waals surface area contributed by atoms with Crippen molar-refractivity contribution in [3.8, 4) is 5.75 Å². The van der Waals surface area contributed by atoms with E-state index < -0.39 is 29.2 Å². The number of benzene rings is 1. The molecule has 1 saturated heterocycles. The molecule has 19 heteroatoms. The molecule has 13 nitrogen and oxygen atoms in total. The van der Waals surface area contributed by atoms with Gasteiger partial charge in [0.2, 0.25) is 11.5 Å². The molecule has 202 valence electrons. The first-order chi connectivity index (χ1) is 18.7. The Labute approximate surface area is 246 Å². The van der Waals surface area contributed by atoms with Gasteiger partial charge in [-0.25, -0.2) is 4.79 Å². The lowest BCUT2D eigenvalue weighted by molar-refractivity contribution is -0.150. The van der Waals surface area contributed by atoms with Crippen LogP contribution in [0, 0.1) is 0 Å². The molecule has 2 aliphatic rings. The highest BCUT2D eigenvalue weighted by Gasteiger charge is 2.54. The van der Waals surface area contributed by atoms with Gasteiger partial charge in [0.1, 0.15) is 22.6 Å².